The van der Waals surface area contributed by atoms with Crippen molar-refractivity contribution < 1.29 is 4.74 Å². The number of hydrogen-bond donors (Lipinski definition) is 2. The molecule has 0 aromatic carbocycles. The molecule has 1 atom stereocenters. The van der Waals surface area contributed by atoms with Crippen molar-refractivity contribution in [2.75, 3.05) is 6.61 Å². The molecular formula is C12H23ClN4O. The smallest absolute Gasteiger partial charge is 0.0877 e. The molecule has 0 aliphatic rings. The first kappa shape index (κ1) is 15.4. The standard InChI is InChI=1S/C12H23ClN4O/c1-8(2)17-11(9(13)6-15-17)10(16-14)7-18-12(3,4)5/h6,8,10,16H,7,14H2,1-5H3. The normalized spacial score (nSPS) is 14.2. The van der Waals surface area contributed by atoms with Gasteiger partial charge in [-0.2, -0.15) is 5.10 Å². The summed E-state index contributed by atoms with van der Waals surface area (Å²) in [7, 11) is 0. The number of aromatic nitrogens is 2. The Bertz CT molecular complexity index is 384. The van der Waals surface area contributed by atoms with Gasteiger partial charge in [-0.15, -0.1) is 0 Å². The maximum absolute atomic E-state index is 6.18. The third kappa shape index (κ3) is 3.95. The van der Waals surface area contributed by atoms with Crippen molar-refractivity contribution in [3.63, 3.8) is 0 Å². The highest BCUT2D eigenvalue weighted by molar-refractivity contribution is 6.31. The van der Waals surface area contributed by atoms with Crippen molar-refractivity contribution in [2.24, 2.45) is 5.84 Å². The lowest BCUT2D eigenvalue weighted by Gasteiger charge is -2.25. The van der Waals surface area contributed by atoms with Crippen LogP contribution in [0.15, 0.2) is 6.20 Å². The molecule has 0 radical (unpaired) electrons. The Morgan fingerprint density at radius 1 is 1.50 bits per heavy atom. The molecule has 0 aliphatic carbocycles. The van der Waals surface area contributed by atoms with E-state index in [9.17, 15) is 0 Å². The first-order chi connectivity index (χ1) is 8.26. The van der Waals surface area contributed by atoms with E-state index in [2.05, 4.69) is 10.5 Å². The predicted octanol–water partition coefficient (Wildman–Crippen LogP) is 2.44. The lowest BCUT2D eigenvalue weighted by Crippen LogP contribution is -2.36. The molecule has 0 amide bonds. The van der Waals surface area contributed by atoms with E-state index < -0.39 is 0 Å². The number of rotatable bonds is 5. The van der Waals surface area contributed by atoms with Gasteiger partial charge in [-0.1, -0.05) is 11.6 Å². The van der Waals surface area contributed by atoms with Crippen LogP contribution >= 0.6 is 11.6 Å². The largest absolute Gasteiger partial charge is 0.374 e. The van der Waals surface area contributed by atoms with Crippen LogP contribution < -0.4 is 11.3 Å². The summed E-state index contributed by atoms with van der Waals surface area (Å²) in [4.78, 5) is 0. The summed E-state index contributed by atoms with van der Waals surface area (Å²) in [5.74, 6) is 5.60. The van der Waals surface area contributed by atoms with Crippen molar-refractivity contribution in [3.05, 3.63) is 16.9 Å². The Kier molecular flexibility index (Phi) is 5.16. The van der Waals surface area contributed by atoms with Gasteiger partial charge in [-0.25, -0.2) is 5.43 Å². The predicted molar refractivity (Wildman–Crippen MR) is 73.4 cm³/mol. The first-order valence-corrected chi connectivity index (χ1v) is 6.47. The molecule has 0 bridgehead atoms. The number of hydrazine groups is 1. The molecule has 0 spiro atoms. The molecule has 3 N–H and O–H groups in total. The Balaban J connectivity index is 2.91. The van der Waals surface area contributed by atoms with E-state index in [1.165, 1.54) is 0 Å². The fourth-order valence-electron chi connectivity index (χ4n) is 1.63. The van der Waals surface area contributed by atoms with Gasteiger partial charge < -0.3 is 4.74 Å². The average Bonchev–Trinajstić information content (AvgIpc) is 2.60. The molecule has 0 saturated heterocycles. The molecule has 1 aromatic rings. The minimum absolute atomic E-state index is 0.179. The van der Waals surface area contributed by atoms with Crippen molar-refractivity contribution in [1.29, 1.82) is 0 Å². The molecule has 0 saturated carbocycles. The first-order valence-electron chi connectivity index (χ1n) is 6.09. The van der Waals surface area contributed by atoms with E-state index >= 15 is 0 Å². The van der Waals surface area contributed by atoms with Gasteiger partial charge in [0.1, 0.15) is 0 Å². The van der Waals surface area contributed by atoms with E-state index in [4.69, 9.17) is 22.2 Å². The fraction of sp³-hybridized carbons (Fsp3) is 0.750. The minimum atomic E-state index is -0.218. The molecule has 104 valence electrons. The summed E-state index contributed by atoms with van der Waals surface area (Å²) in [6.45, 7) is 10.5. The van der Waals surface area contributed by atoms with Crippen LogP contribution in [0.25, 0.3) is 0 Å². The minimum Gasteiger partial charge on any atom is -0.374 e. The molecule has 0 aliphatic heterocycles. The lowest BCUT2D eigenvalue weighted by atomic mass is 10.1. The van der Waals surface area contributed by atoms with Crippen LogP contribution in [-0.4, -0.2) is 22.0 Å². The Morgan fingerprint density at radius 2 is 2.11 bits per heavy atom. The molecule has 0 fully saturated rings. The SMILES string of the molecule is CC(C)n1ncc(Cl)c1C(COC(C)(C)C)NN. The van der Waals surface area contributed by atoms with Gasteiger partial charge in [-0.05, 0) is 34.6 Å². The molecule has 1 rings (SSSR count). The third-order valence-electron chi connectivity index (χ3n) is 2.49. The van der Waals surface area contributed by atoms with Gasteiger partial charge in [0.05, 0.1) is 35.2 Å². The van der Waals surface area contributed by atoms with Crippen LogP contribution in [0.5, 0.6) is 0 Å². The van der Waals surface area contributed by atoms with Crippen molar-refractivity contribution in [1.82, 2.24) is 15.2 Å². The average molecular weight is 275 g/mol. The number of nitrogens with one attached hydrogen (secondary N) is 1. The van der Waals surface area contributed by atoms with E-state index in [0.29, 0.717) is 11.6 Å². The van der Waals surface area contributed by atoms with Gasteiger partial charge in [0.25, 0.3) is 0 Å². The highest BCUT2D eigenvalue weighted by Gasteiger charge is 2.23. The fourth-order valence-corrected chi connectivity index (χ4v) is 1.89. The second-order valence-corrected chi connectivity index (χ2v) is 5.97. The van der Waals surface area contributed by atoms with E-state index in [-0.39, 0.29) is 17.7 Å². The van der Waals surface area contributed by atoms with Crippen LogP contribution in [0, 0.1) is 0 Å². The summed E-state index contributed by atoms with van der Waals surface area (Å²) < 4.78 is 7.61. The Morgan fingerprint density at radius 3 is 2.56 bits per heavy atom. The van der Waals surface area contributed by atoms with E-state index in [1.54, 1.807) is 6.20 Å². The zero-order valence-corrected chi connectivity index (χ0v) is 12.5. The summed E-state index contributed by atoms with van der Waals surface area (Å²) in [6, 6.07) is 0.0413. The zero-order chi connectivity index (χ0) is 13.9. The monoisotopic (exact) mass is 274 g/mol. The van der Waals surface area contributed by atoms with Crippen molar-refractivity contribution in [3.8, 4) is 0 Å². The molecule has 1 unspecified atom stereocenters. The van der Waals surface area contributed by atoms with Crippen LogP contribution in [0.2, 0.25) is 5.02 Å². The third-order valence-corrected chi connectivity index (χ3v) is 2.78. The number of nitrogens with zero attached hydrogens (tertiary/aromatic N) is 2. The highest BCUT2D eigenvalue weighted by atomic mass is 35.5. The molecule has 1 aromatic heterocycles. The quantitative estimate of drug-likeness (QED) is 0.639. The van der Waals surface area contributed by atoms with E-state index in [0.717, 1.165) is 5.69 Å². The summed E-state index contributed by atoms with van der Waals surface area (Å²) in [5, 5.41) is 4.86. The van der Waals surface area contributed by atoms with Crippen LogP contribution in [0.1, 0.15) is 52.4 Å². The van der Waals surface area contributed by atoms with Crippen LogP contribution in [-0.2, 0) is 4.74 Å². The van der Waals surface area contributed by atoms with Gasteiger partial charge in [-0.3, -0.25) is 10.5 Å². The van der Waals surface area contributed by atoms with Crippen LogP contribution in [0.4, 0.5) is 0 Å². The molecular weight excluding hydrogens is 252 g/mol. The van der Waals surface area contributed by atoms with Gasteiger partial charge in [0.2, 0.25) is 0 Å². The summed E-state index contributed by atoms with van der Waals surface area (Å²) >= 11 is 6.18. The topological polar surface area (TPSA) is 65.1 Å². The van der Waals surface area contributed by atoms with Crippen LogP contribution in [0.3, 0.4) is 0 Å². The van der Waals surface area contributed by atoms with Crippen molar-refractivity contribution in [2.45, 2.75) is 52.3 Å². The lowest BCUT2D eigenvalue weighted by molar-refractivity contribution is -0.0159. The number of halogens is 1. The van der Waals surface area contributed by atoms with Gasteiger partial charge in [0.15, 0.2) is 0 Å². The number of ether oxygens (including phenoxy) is 1. The second-order valence-electron chi connectivity index (χ2n) is 5.56. The maximum Gasteiger partial charge on any atom is 0.0877 e. The Hall–Kier alpha value is -0.620. The Labute approximate surface area is 114 Å². The maximum atomic E-state index is 6.18. The number of hydrogen-bond acceptors (Lipinski definition) is 4. The summed E-state index contributed by atoms with van der Waals surface area (Å²) in [5.41, 5.74) is 3.38. The highest BCUT2D eigenvalue weighted by Crippen LogP contribution is 2.26. The molecule has 18 heavy (non-hydrogen) atoms. The summed E-state index contributed by atoms with van der Waals surface area (Å²) in [6.07, 6.45) is 1.64. The van der Waals surface area contributed by atoms with E-state index in [1.807, 2.05) is 39.3 Å². The van der Waals surface area contributed by atoms with Gasteiger partial charge >= 0.3 is 0 Å². The molecule has 5 nitrogen and oxygen atoms in total. The second kappa shape index (κ2) is 6.02. The molecule has 1 heterocycles. The zero-order valence-electron chi connectivity index (χ0n) is 11.7. The van der Waals surface area contributed by atoms with Crippen molar-refractivity contribution >= 4 is 11.6 Å². The van der Waals surface area contributed by atoms with Gasteiger partial charge in [0, 0.05) is 6.04 Å². The molecule has 6 heteroatoms. The number of nitrogens with two attached hydrogens (primary N) is 1.